The molecule has 0 aliphatic carbocycles. The fourth-order valence-corrected chi connectivity index (χ4v) is 3.26. The lowest BCUT2D eigenvalue weighted by Crippen LogP contribution is -2.08. The molecule has 0 atom stereocenters. The monoisotopic (exact) mass is 320 g/mol. The van der Waals surface area contributed by atoms with Gasteiger partial charge in [-0.3, -0.25) is 15.2 Å². The maximum Gasteiger partial charge on any atom is 0.202 e. The number of nitrogens with one attached hydrogen (secondary N) is 2. The number of carbonyl (C=O) groups excluding carboxylic acids is 1. The van der Waals surface area contributed by atoms with E-state index >= 15 is 0 Å². The van der Waals surface area contributed by atoms with E-state index in [4.69, 9.17) is 11.1 Å². The number of aromatic nitrogens is 2. The van der Waals surface area contributed by atoms with Crippen molar-refractivity contribution in [3.63, 3.8) is 0 Å². The standard InChI is InChI=1S/C17H12N4OS/c18-11-7-12(19)17-15-9(8-20-16(11)15)6-13(21-17)14(22)4-3-10-2-1-5-23-10/h1-8,19,21H,18H2/b4-3+,19-12?. The van der Waals surface area contributed by atoms with Gasteiger partial charge in [0.1, 0.15) is 0 Å². The molecule has 0 bridgehead atoms. The Morgan fingerprint density at radius 1 is 1.39 bits per heavy atom. The van der Waals surface area contributed by atoms with Crippen LogP contribution in [0, 0.1) is 5.41 Å². The molecule has 5 nitrogen and oxygen atoms in total. The second kappa shape index (κ2) is 5.03. The Hall–Kier alpha value is -2.99. The Labute approximate surface area is 135 Å². The summed E-state index contributed by atoms with van der Waals surface area (Å²) < 4.78 is 0. The van der Waals surface area contributed by atoms with Crippen molar-refractivity contribution in [3.05, 3.63) is 57.8 Å². The Morgan fingerprint density at radius 3 is 3.04 bits per heavy atom. The van der Waals surface area contributed by atoms with Crippen LogP contribution in [0.15, 0.2) is 41.9 Å². The van der Waals surface area contributed by atoms with Gasteiger partial charge in [0, 0.05) is 21.8 Å². The number of benzene rings is 1. The van der Waals surface area contributed by atoms with Crippen molar-refractivity contribution in [2.45, 2.75) is 0 Å². The summed E-state index contributed by atoms with van der Waals surface area (Å²) in [5.74, 6) is -0.144. The van der Waals surface area contributed by atoms with E-state index in [0.29, 0.717) is 22.4 Å². The quantitative estimate of drug-likeness (QED) is 0.307. The summed E-state index contributed by atoms with van der Waals surface area (Å²) in [5, 5.41) is 11.9. The first-order chi connectivity index (χ1) is 11.1. The summed E-state index contributed by atoms with van der Waals surface area (Å²) >= 11 is 1.57. The number of nitrogens with zero attached hydrogens (tertiary/aromatic N) is 1. The van der Waals surface area contributed by atoms with Gasteiger partial charge in [-0.1, -0.05) is 6.07 Å². The second-order valence-corrected chi connectivity index (χ2v) is 6.20. The lowest BCUT2D eigenvalue weighted by atomic mass is 10.1. The summed E-state index contributed by atoms with van der Waals surface area (Å²) in [6, 6.07) is 7.19. The molecule has 0 amide bonds. The smallest absolute Gasteiger partial charge is 0.202 e. The average molecular weight is 320 g/mol. The minimum Gasteiger partial charge on any atom is -0.397 e. The third-order valence-electron chi connectivity index (χ3n) is 3.72. The molecule has 6 heteroatoms. The number of H-pyrrole nitrogens is 1. The number of thiophene rings is 1. The van der Waals surface area contributed by atoms with Crippen LogP contribution in [-0.2, 0) is 0 Å². The van der Waals surface area contributed by atoms with Crippen LogP contribution in [0.1, 0.15) is 15.4 Å². The van der Waals surface area contributed by atoms with E-state index in [1.54, 1.807) is 35.7 Å². The molecular formula is C17H12N4OS. The molecule has 0 aliphatic rings. The number of allylic oxidation sites excluding steroid dienone is 1. The Kier molecular flexibility index (Phi) is 2.99. The number of hydrogen-bond donors (Lipinski definition) is 3. The van der Waals surface area contributed by atoms with E-state index in [9.17, 15) is 4.79 Å². The molecule has 112 valence electrons. The Morgan fingerprint density at radius 2 is 2.26 bits per heavy atom. The van der Waals surface area contributed by atoms with Crippen molar-refractivity contribution >= 4 is 50.7 Å². The fraction of sp³-hybridized carbons (Fsp3) is 0. The molecule has 0 fully saturated rings. The molecule has 23 heavy (non-hydrogen) atoms. The summed E-state index contributed by atoms with van der Waals surface area (Å²) in [6.07, 6.45) is 5.00. The lowest BCUT2D eigenvalue weighted by molar-refractivity contribution is 0.104. The minimum absolute atomic E-state index is 0.144. The van der Waals surface area contributed by atoms with Crippen LogP contribution < -0.4 is 11.1 Å². The Bertz CT molecular complexity index is 1110. The first kappa shape index (κ1) is 13.7. The summed E-state index contributed by atoms with van der Waals surface area (Å²) in [5.41, 5.74) is 8.05. The largest absolute Gasteiger partial charge is 0.397 e. The zero-order valence-corrected chi connectivity index (χ0v) is 12.8. The molecule has 0 saturated heterocycles. The maximum absolute atomic E-state index is 12.4. The van der Waals surface area contributed by atoms with Gasteiger partial charge in [-0.05, 0) is 35.7 Å². The normalized spacial score (nSPS) is 11.8. The van der Waals surface area contributed by atoms with Crippen molar-refractivity contribution in [2.24, 2.45) is 0 Å². The predicted octanol–water partition coefficient (Wildman–Crippen LogP) is 3.17. The average Bonchev–Trinajstić information content (AvgIpc) is 3.19. The Balaban J connectivity index is 1.85. The van der Waals surface area contributed by atoms with Gasteiger partial charge in [0.25, 0.3) is 0 Å². The molecule has 3 aromatic heterocycles. The zero-order valence-electron chi connectivity index (χ0n) is 12.0. The second-order valence-electron chi connectivity index (χ2n) is 5.22. The zero-order chi connectivity index (χ0) is 16.0. The molecule has 0 aliphatic heterocycles. The molecule has 4 N–H and O–H groups in total. The van der Waals surface area contributed by atoms with Crippen LogP contribution in [0.5, 0.6) is 0 Å². The molecule has 3 heterocycles. The van der Waals surface area contributed by atoms with Gasteiger partial charge < -0.3 is 10.7 Å². The minimum atomic E-state index is -0.144. The lowest BCUT2D eigenvalue weighted by Gasteiger charge is -2.04. The van der Waals surface area contributed by atoms with Gasteiger partial charge in [0.15, 0.2) is 0 Å². The van der Waals surface area contributed by atoms with Crippen molar-refractivity contribution in [1.82, 2.24) is 9.97 Å². The van der Waals surface area contributed by atoms with Gasteiger partial charge in [0.2, 0.25) is 5.78 Å². The highest BCUT2D eigenvalue weighted by Crippen LogP contribution is 2.27. The first-order valence-electron chi connectivity index (χ1n) is 6.97. The van der Waals surface area contributed by atoms with E-state index in [0.717, 1.165) is 15.6 Å². The number of pyridine rings is 1. The van der Waals surface area contributed by atoms with Crippen LogP contribution in [-0.4, -0.2) is 15.8 Å². The van der Waals surface area contributed by atoms with Crippen molar-refractivity contribution in [3.8, 4) is 0 Å². The molecule has 0 spiro atoms. The molecule has 0 saturated carbocycles. The van der Waals surface area contributed by atoms with Gasteiger partial charge >= 0.3 is 0 Å². The van der Waals surface area contributed by atoms with Crippen LogP contribution in [0.4, 0.5) is 5.69 Å². The number of nitrogens with two attached hydrogens (primary N) is 1. The molecule has 4 rings (SSSR count). The van der Waals surface area contributed by atoms with Gasteiger partial charge in [-0.15, -0.1) is 11.3 Å². The predicted molar refractivity (Wildman–Crippen MR) is 92.7 cm³/mol. The van der Waals surface area contributed by atoms with E-state index in [1.807, 2.05) is 17.5 Å². The van der Waals surface area contributed by atoms with Crippen LogP contribution in [0.3, 0.4) is 0 Å². The highest BCUT2D eigenvalue weighted by Gasteiger charge is 2.13. The highest BCUT2D eigenvalue weighted by molar-refractivity contribution is 7.10. The topological polar surface area (TPSA) is 95.6 Å². The third-order valence-corrected chi connectivity index (χ3v) is 4.56. The number of nitrogen functional groups attached to an aromatic ring is 1. The van der Waals surface area contributed by atoms with E-state index < -0.39 is 0 Å². The number of rotatable bonds is 3. The molecule has 1 aromatic carbocycles. The number of hydrogen-bond acceptors (Lipinski definition) is 5. The number of aromatic amines is 1. The van der Waals surface area contributed by atoms with Crippen LogP contribution in [0.2, 0.25) is 0 Å². The SMILES string of the molecule is N=c1cc(N)c2ncc3cc(C(=O)/C=C/c4cccs4)[nH]c1c32. The van der Waals surface area contributed by atoms with Gasteiger partial charge in [-0.2, -0.15) is 0 Å². The van der Waals surface area contributed by atoms with Crippen molar-refractivity contribution < 1.29 is 4.79 Å². The van der Waals surface area contributed by atoms with Crippen LogP contribution in [0.25, 0.3) is 27.9 Å². The van der Waals surface area contributed by atoms with Crippen molar-refractivity contribution in [2.75, 3.05) is 5.73 Å². The summed E-state index contributed by atoms with van der Waals surface area (Å²) in [6.45, 7) is 0. The van der Waals surface area contributed by atoms with Gasteiger partial charge in [-0.25, -0.2) is 0 Å². The van der Waals surface area contributed by atoms with E-state index in [1.165, 1.54) is 6.08 Å². The van der Waals surface area contributed by atoms with Crippen molar-refractivity contribution in [1.29, 1.82) is 5.41 Å². The number of anilines is 1. The third kappa shape index (κ3) is 2.20. The number of ketones is 1. The van der Waals surface area contributed by atoms with E-state index in [2.05, 4.69) is 9.97 Å². The van der Waals surface area contributed by atoms with Gasteiger partial charge in [0.05, 0.1) is 27.8 Å². The molecular weight excluding hydrogens is 308 g/mol. The first-order valence-corrected chi connectivity index (χ1v) is 7.85. The number of carbonyl (C=O) groups is 1. The molecule has 0 radical (unpaired) electrons. The van der Waals surface area contributed by atoms with E-state index in [-0.39, 0.29) is 11.1 Å². The molecule has 0 unspecified atom stereocenters. The molecule has 4 aromatic rings. The fourth-order valence-electron chi connectivity index (χ4n) is 2.64. The van der Waals surface area contributed by atoms with Crippen LogP contribution >= 0.6 is 11.3 Å². The maximum atomic E-state index is 12.4. The summed E-state index contributed by atoms with van der Waals surface area (Å²) in [7, 11) is 0. The highest BCUT2D eigenvalue weighted by atomic mass is 32.1. The summed E-state index contributed by atoms with van der Waals surface area (Å²) in [4.78, 5) is 20.8.